The van der Waals surface area contributed by atoms with Gasteiger partial charge in [0.2, 0.25) is 0 Å². The van der Waals surface area contributed by atoms with Crippen LogP contribution in [0.15, 0.2) is 48.5 Å². The Bertz CT molecular complexity index is 1130. The van der Waals surface area contributed by atoms with E-state index in [-0.39, 0.29) is 22.6 Å². The smallest absolute Gasteiger partial charge is 0.426 e. The second-order valence-corrected chi connectivity index (χ2v) is 9.02. The first-order valence-electron chi connectivity index (χ1n) is 11.2. The minimum Gasteiger partial charge on any atom is -0.429 e. The fraction of sp³-hybridized carbons (Fsp3) is 0.333. The highest BCUT2D eigenvalue weighted by Gasteiger charge is 2.35. The second-order valence-electron chi connectivity index (χ2n) is 9.02. The minimum atomic E-state index is -3.92. The summed E-state index contributed by atoms with van der Waals surface area (Å²) in [7, 11) is 0. The van der Waals surface area contributed by atoms with Crippen LogP contribution in [0.25, 0.3) is 11.1 Å². The van der Waals surface area contributed by atoms with Crippen molar-refractivity contribution in [3.8, 4) is 16.9 Å². The Balaban J connectivity index is 1.56. The zero-order valence-corrected chi connectivity index (χ0v) is 18.8. The summed E-state index contributed by atoms with van der Waals surface area (Å²) in [4.78, 5) is 0. The molecule has 0 amide bonds. The van der Waals surface area contributed by atoms with Gasteiger partial charge in [0.05, 0.1) is 11.1 Å². The largest absolute Gasteiger partial charge is 0.429 e. The summed E-state index contributed by atoms with van der Waals surface area (Å²) in [6.45, 7) is 3.34. The summed E-state index contributed by atoms with van der Waals surface area (Å²) in [5, 5.41) is 0. The highest BCUT2D eigenvalue weighted by Crippen LogP contribution is 2.39. The van der Waals surface area contributed by atoms with Crippen LogP contribution >= 0.6 is 0 Å². The Morgan fingerprint density at radius 1 is 0.765 bits per heavy atom. The van der Waals surface area contributed by atoms with Crippen LogP contribution in [-0.4, -0.2) is 0 Å². The van der Waals surface area contributed by atoms with Crippen molar-refractivity contribution in [3.05, 3.63) is 88.5 Å². The van der Waals surface area contributed by atoms with Gasteiger partial charge in [-0.15, -0.1) is 0 Å². The first-order chi connectivity index (χ1) is 16.0. The van der Waals surface area contributed by atoms with E-state index in [2.05, 4.69) is 11.7 Å². The maximum atomic E-state index is 14.9. The van der Waals surface area contributed by atoms with Gasteiger partial charge in [-0.2, -0.15) is 8.78 Å². The molecule has 0 saturated heterocycles. The lowest BCUT2D eigenvalue weighted by Gasteiger charge is -2.26. The number of hydrogen-bond donors (Lipinski definition) is 0. The molecule has 0 N–H and O–H groups in total. The van der Waals surface area contributed by atoms with Gasteiger partial charge in [-0.1, -0.05) is 31.9 Å². The van der Waals surface area contributed by atoms with E-state index in [1.165, 1.54) is 19.1 Å². The van der Waals surface area contributed by atoms with Gasteiger partial charge in [-0.05, 0) is 67.0 Å². The molecule has 1 saturated carbocycles. The van der Waals surface area contributed by atoms with E-state index in [0.717, 1.165) is 49.9 Å². The molecule has 4 rings (SSSR count). The highest BCUT2D eigenvalue weighted by molar-refractivity contribution is 5.66. The van der Waals surface area contributed by atoms with E-state index in [4.69, 9.17) is 0 Å². The van der Waals surface area contributed by atoms with Crippen molar-refractivity contribution in [2.24, 2.45) is 5.92 Å². The molecule has 1 aliphatic carbocycles. The van der Waals surface area contributed by atoms with Crippen molar-refractivity contribution in [2.45, 2.75) is 51.6 Å². The molecule has 0 bridgehead atoms. The maximum absolute atomic E-state index is 14.9. The average molecular weight is 478 g/mol. The van der Waals surface area contributed by atoms with Crippen molar-refractivity contribution in [3.63, 3.8) is 0 Å². The van der Waals surface area contributed by atoms with Crippen LogP contribution in [0.1, 0.15) is 55.2 Å². The summed E-state index contributed by atoms with van der Waals surface area (Å²) in [5.74, 6) is -3.51. The molecule has 1 aliphatic rings. The molecule has 0 unspecified atom stereocenters. The minimum absolute atomic E-state index is 0.0887. The van der Waals surface area contributed by atoms with Crippen molar-refractivity contribution in [2.75, 3.05) is 0 Å². The summed E-state index contributed by atoms with van der Waals surface area (Å²) >= 11 is 0. The first-order valence-corrected chi connectivity index (χ1v) is 11.2. The number of alkyl halides is 2. The summed E-state index contributed by atoms with van der Waals surface area (Å²) in [6, 6.07) is 8.23. The van der Waals surface area contributed by atoms with Crippen molar-refractivity contribution < 1.29 is 31.1 Å². The fourth-order valence-corrected chi connectivity index (χ4v) is 4.42. The zero-order valence-electron chi connectivity index (χ0n) is 18.8. The second kappa shape index (κ2) is 9.35. The van der Waals surface area contributed by atoms with Crippen LogP contribution in [0.3, 0.4) is 0 Å². The number of hydrogen-bond acceptors (Lipinski definition) is 1. The molecule has 0 spiro atoms. The van der Waals surface area contributed by atoms with Gasteiger partial charge in [-0.3, -0.25) is 0 Å². The van der Waals surface area contributed by atoms with Crippen LogP contribution in [0.5, 0.6) is 5.75 Å². The molecule has 34 heavy (non-hydrogen) atoms. The third kappa shape index (κ3) is 4.93. The van der Waals surface area contributed by atoms with E-state index in [1.54, 1.807) is 0 Å². The van der Waals surface area contributed by atoms with Crippen LogP contribution in [-0.2, 0) is 6.11 Å². The van der Waals surface area contributed by atoms with E-state index in [0.29, 0.717) is 23.6 Å². The molecule has 1 fully saturated rings. The van der Waals surface area contributed by atoms with E-state index in [9.17, 15) is 26.3 Å². The van der Waals surface area contributed by atoms with Crippen LogP contribution in [0, 0.1) is 36.1 Å². The zero-order chi connectivity index (χ0) is 24.6. The Kier molecular flexibility index (Phi) is 6.65. The third-order valence-corrected chi connectivity index (χ3v) is 6.56. The standard InChI is InChI=1S/C27H24F6O/c1-15-3-5-17(6-4-15)19-11-24(30)26(25(31)12-19)18-7-9-20(10-8-18)27(32,33)34-21-13-22(28)16(2)23(29)14-21/h7-15,17H,3-6H2,1-2H3. The van der Waals surface area contributed by atoms with Crippen LogP contribution in [0.2, 0.25) is 0 Å². The maximum Gasteiger partial charge on any atom is 0.426 e. The van der Waals surface area contributed by atoms with Crippen molar-refractivity contribution >= 4 is 0 Å². The van der Waals surface area contributed by atoms with Gasteiger partial charge in [0.1, 0.15) is 29.0 Å². The predicted molar refractivity (Wildman–Crippen MR) is 118 cm³/mol. The molecule has 180 valence electrons. The van der Waals surface area contributed by atoms with Gasteiger partial charge in [0, 0.05) is 17.7 Å². The Hall–Kier alpha value is -2.96. The Morgan fingerprint density at radius 3 is 1.82 bits per heavy atom. The Morgan fingerprint density at radius 2 is 1.29 bits per heavy atom. The lowest BCUT2D eigenvalue weighted by atomic mass is 9.79. The van der Waals surface area contributed by atoms with Gasteiger partial charge in [0.25, 0.3) is 0 Å². The van der Waals surface area contributed by atoms with Gasteiger partial charge in [0.15, 0.2) is 0 Å². The molecule has 3 aromatic carbocycles. The summed E-state index contributed by atoms with van der Waals surface area (Å²) < 4.78 is 90.7. The molecule has 0 heterocycles. The lowest BCUT2D eigenvalue weighted by Crippen LogP contribution is -2.22. The van der Waals surface area contributed by atoms with E-state index < -0.39 is 40.7 Å². The fourth-order valence-electron chi connectivity index (χ4n) is 4.42. The third-order valence-electron chi connectivity index (χ3n) is 6.56. The number of halogens is 6. The first kappa shape index (κ1) is 24.2. The SMILES string of the molecule is Cc1c(F)cc(OC(F)(F)c2ccc(-c3c(F)cc(C4CCC(C)CC4)cc3F)cc2)cc1F. The molecule has 0 atom stereocenters. The van der Waals surface area contributed by atoms with Gasteiger partial charge >= 0.3 is 6.11 Å². The summed E-state index contributed by atoms with van der Waals surface area (Å²) in [5.41, 5.74) is -0.545. The highest BCUT2D eigenvalue weighted by atomic mass is 19.3. The van der Waals surface area contributed by atoms with E-state index in [1.807, 2.05) is 0 Å². The average Bonchev–Trinajstić information content (AvgIpc) is 2.77. The molecule has 3 aromatic rings. The molecule has 0 radical (unpaired) electrons. The van der Waals surface area contributed by atoms with Crippen molar-refractivity contribution in [1.29, 1.82) is 0 Å². The van der Waals surface area contributed by atoms with Gasteiger partial charge < -0.3 is 4.74 Å². The summed E-state index contributed by atoms with van der Waals surface area (Å²) in [6.07, 6.45) is -0.161. The van der Waals surface area contributed by atoms with Gasteiger partial charge in [-0.25, -0.2) is 17.6 Å². The number of rotatable bonds is 5. The Labute approximate surface area is 194 Å². The molecule has 0 aliphatic heterocycles. The van der Waals surface area contributed by atoms with E-state index >= 15 is 0 Å². The monoisotopic (exact) mass is 478 g/mol. The van der Waals surface area contributed by atoms with Crippen molar-refractivity contribution in [1.82, 2.24) is 0 Å². The predicted octanol–water partition coefficient (Wildman–Crippen LogP) is 8.64. The topological polar surface area (TPSA) is 9.23 Å². The lowest BCUT2D eigenvalue weighted by molar-refractivity contribution is -0.185. The normalized spacial score (nSPS) is 18.7. The number of benzene rings is 3. The molecule has 1 nitrogen and oxygen atoms in total. The molecular weight excluding hydrogens is 454 g/mol. The molecule has 7 heteroatoms. The van der Waals surface area contributed by atoms with Crippen LogP contribution in [0.4, 0.5) is 26.3 Å². The molecular formula is C27H24F6O. The van der Waals surface area contributed by atoms with Crippen LogP contribution < -0.4 is 4.74 Å². The quantitative estimate of drug-likeness (QED) is 0.334. The number of ether oxygens (including phenoxy) is 1. The molecule has 0 aromatic heterocycles.